The second-order valence-electron chi connectivity index (χ2n) is 9.97. The van der Waals surface area contributed by atoms with Crippen LogP contribution in [0.25, 0.3) is 0 Å². The molecule has 0 aliphatic carbocycles. The van der Waals surface area contributed by atoms with E-state index in [1.54, 1.807) is 0 Å². The maximum absolute atomic E-state index is 12.3. The van der Waals surface area contributed by atoms with Crippen LogP contribution in [0, 0.1) is 0 Å². The van der Waals surface area contributed by atoms with Gasteiger partial charge in [-0.05, 0) is 56.2 Å². The standard InChI is InChI=1S/C19H39NO3Si2/c1-15(2)13-16(22-24(9,10)18(3,4)5)20-14-17(21)23-25(11,12)19(6,7)8/h13H,14H2,1-12H3. The lowest BCUT2D eigenvalue weighted by molar-refractivity contribution is -0.133. The number of carbonyl (C=O) groups is 1. The summed E-state index contributed by atoms with van der Waals surface area (Å²) < 4.78 is 12.1. The van der Waals surface area contributed by atoms with Gasteiger partial charge in [0.25, 0.3) is 16.6 Å². The number of hydrogen-bond acceptors (Lipinski definition) is 4. The van der Waals surface area contributed by atoms with E-state index < -0.39 is 16.6 Å². The molecule has 0 aromatic carbocycles. The Hall–Kier alpha value is -0.886. The van der Waals surface area contributed by atoms with Crippen molar-refractivity contribution in [1.29, 1.82) is 0 Å². The van der Waals surface area contributed by atoms with Crippen molar-refractivity contribution < 1.29 is 13.6 Å². The fourth-order valence-electron chi connectivity index (χ4n) is 1.38. The third-order valence-corrected chi connectivity index (χ3v) is 13.8. The lowest BCUT2D eigenvalue weighted by atomic mass is 10.2. The van der Waals surface area contributed by atoms with Crippen molar-refractivity contribution in [2.45, 2.75) is 91.7 Å². The third-order valence-electron chi connectivity index (χ3n) is 5.12. The van der Waals surface area contributed by atoms with Gasteiger partial charge >= 0.3 is 5.97 Å². The zero-order valence-electron chi connectivity index (χ0n) is 18.5. The molecule has 4 nitrogen and oxygen atoms in total. The molecular formula is C19H39NO3Si2. The largest absolute Gasteiger partial charge is 0.531 e. The quantitative estimate of drug-likeness (QED) is 0.335. The van der Waals surface area contributed by atoms with E-state index in [2.05, 4.69) is 72.7 Å². The van der Waals surface area contributed by atoms with Crippen LogP contribution in [0.4, 0.5) is 0 Å². The molecule has 0 rings (SSSR count). The van der Waals surface area contributed by atoms with Crippen LogP contribution in [-0.2, 0) is 13.6 Å². The molecule has 0 saturated carbocycles. The Balaban J connectivity index is 5.27. The van der Waals surface area contributed by atoms with Crippen LogP contribution in [0.5, 0.6) is 0 Å². The van der Waals surface area contributed by atoms with Gasteiger partial charge in [0, 0.05) is 0 Å². The highest BCUT2D eigenvalue weighted by Gasteiger charge is 2.41. The number of carbonyl (C=O) groups excluding carboxylic acids is 1. The highest BCUT2D eigenvalue weighted by Crippen LogP contribution is 2.37. The fraction of sp³-hybridized carbons (Fsp3) is 0.789. The monoisotopic (exact) mass is 385 g/mol. The van der Waals surface area contributed by atoms with Gasteiger partial charge in [0.2, 0.25) is 0 Å². The minimum Gasteiger partial charge on any atom is -0.531 e. The summed E-state index contributed by atoms with van der Waals surface area (Å²) in [5.74, 6) is 0.267. The molecule has 0 atom stereocenters. The average molecular weight is 386 g/mol. The molecule has 6 heteroatoms. The number of hydrogen-bond donors (Lipinski definition) is 0. The predicted octanol–water partition coefficient (Wildman–Crippen LogP) is 5.92. The Labute approximate surface area is 157 Å². The van der Waals surface area contributed by atoms with Crippen LogP contribution in [0.1, 0.15) is 55.4 Å². The molecular weight excluding hydrogens is 346 g/mol. The van der Waals surface area contributed by atoms with Crippen molar-refractivity contribution in [1.82, 2.24) is 0 Å². The van der Waals surface area contributed by atoms with Crippen molar-refractivity contribution in [2.24, 2.45) is 4.99 Å². The van der Waals surface area contributed by atoms with Crippen molar-refractivity contribution in [3.63, 3.8) is 0 Å². The van der Waals surface area contributed by atoms with Crippen LogP contribution in [0.3, 0.4) is 0 Å². The lowest BCUT2D eigenvalue weighted by Gasteiger charge is -2.36. The van der Waals surface area contributed by atoms with E-state index in [-0.39, 0.29) is 22.6 Å². The van der Waals surface area contributed by atoms with Crippen LogP contribution in [0.15, 0.2) is 16.6 Å². The molecule has 0 aromatic rings. The van der Waals surface area contributed by atoms with Gasteiger partial charge in [0.05, 0.1) is 0 Å². The van der Waals surface area contributed by atoms with Crippen LogP contribution in [0.2, 0.25) is 36.3 Å². The summed E-state index contributed by atoms with van der Waals surface area (Å²) in [6.45, 7) is 25.4. The highest BCUT2D eigenvalue weighted by molar-refractivity contribution is 6.76. The van der Waals surface area contributed by atoms with Gasteiger partial charge in [-0.25, -0.2) is 4.99 Å². The molecule has 0 aliphatic rings. The summed E-state index contributed by atoms with van der Waals surface area (Å²) in [5, 5.41) is 0.0671. The molecule has 0 unspecified atom stereocenters. The smallest absolute Gasteiger partial charge is 0.314 e. The summed E-state index contributed by atoms with van der Waals surface area (Å²) in [6, 6.07) is 0. The first-order valence-corrected chi connectivity index (χ1v) is 14.8. The fourth-order valence-corrected chi connectivity index (χ4v) is 3.27. The lowest BCUT2D eigenvalue weighted by Crippen LogP contribution is -2.43. The van der Waals surface area contributed by atoms with Gasteiger partial charge in [-0.2, -0.15) is 0 Å². The summed E-state index contributed by atoms with van der Waals surface area (Å²) in [5.41, 5.74) is 1.09. The zero-order valence-corrected chi connectivity index (χ0v) is 20.5. The molecule has 0 spiro atoms. The van der Waals surface area contributed by atoms with E-state index in [0.717, 1.165) is 5.57 Å². The molecule has 0 heterocycles. The second kappa shape index (κ2) is 8.21. The third kappa shape index (κ3) is 7.90. The van der Waals surface area contributed by atoms with Crippen molar-refractivity contribution in [3.05, 3.63) is 11.6 Å². The summed E-state index contributed by atoms with van der Waals surface area (Å²) >= 11 is 0. The number of aliphatic imine (C=N–C) groups is 1. The first kappa shape index (κ1) is 24.1. The summed E-state index contributed by atoms with van der Waals surface area (Å²) in [4.78, 5) is 16.7. The Morgan fingerprint density at radius 2 is 1.28 bits per heavy atom. The summed E-state index contributed by atoms with van der Waals surface area (Å²) in [6.07, 6.45) is 1.90. The van der Waals surface area contributed by atoms with Gasteiger partial charge in [0.1, 0.15) is 6.54 Å². The molecule has 0 aromatic heterocycles. The van der Waals surface area contributed by atoms with E-state index in [0.29, 0.717) is 5.90 Å². The normalized spacial score (nSPS) is 14.2. The van der Waals surface area contributed by atoms with Crippen LogP contribution < -0.4 is 0 Å². The van der Waals surface area contributed by atoms with Crippen molar-refractivity contribution >= 4 is 28.5 Å². The van der Waals surface area contributed by atoms with E-state index >= 15 is 0 Å². The van der Waals surface area contributed by atoms with E-state index in [9.17, 15) is 4.79 Å². The molecule has 0 saturated heterocycles. The molecule has 25 heavy (non-hydrogen) atoms. The molecule has 146 valence electrons. The minimum absolute atomic E-state index is 0.000244. The molecule has 0 N–H and O–H groups in total. The van der Waals surface area contributed by atoms with E-state index in [1.165, 1.54) is 0 Å². The Morgan fingerprint density at radius 1 is 0.880 bits per heavy atom. The summed E-state index contributed by atoms with van der Waals surface area (Å²) in [7, 11) is -4.12. The van der Waals surface area contributed by atoms with Gasteiger partial charge in [-0.15, -0.1) is 0 Å². The van der Waals surface area contributed by atoms with E-state index in [1.807, 2.05) is 19.9 Å². The van der Waals surface area contributed by atoms with Gasteiger partial charge in [-0.3, -0.25) is 4.79 Å². The maximum atomic E-state index is 12.3. The van der Waals surface area contributed by atoms with Crippen molar-refractivity contribution in [3.8, 4) is 0 Å². The molecule has 0 bridgehead atoms. The minimum atomic E-state index is -2.12. The van der Waals surface area contributed by atoms with Crippen molar-refractivity contribution in [2.75, 3.05) is 6.54 Å². The van der Waals surface area contributed by atoms with Gasteiger partial charge < -0.3 is 8.85 Å². The molecule has 0 aliphatic heterocycles. The van der Waals surface area contributed by atoms with Crippen LogP contribution >= 0.6 is 0 Å². The Morgan fingerprint density at radius 3 is 1.64 bits per heavy atom. The first-order chi connectivity index (χ1) is 10.9. The highest BCUT2D eigenvalue weighted by atomic mass is 28.4. The molecule has 0 amide bonds. The van der Waals surface area contributed by atoms with E-state index in [4.69, 9.17) is 8.85 Å². The van der Waals surface area contributed by atoms with Crippen LogP contribution in [-0.4, -0.2) is 35.0 Å². The zero-order chi connectivity index (χ0) is 20.3. The number of nitrogens with zero attached hydrogens (tertiary/aromatic N) is 1. The Kier molecular flexibility index (Phi) is 7.92. The molecule has 0 radical (unpaired) electrons. The second-order valence-corrected chi connectivity index (χ2v) is 19.4. The molecule has 0 fully saturated rings. The maximum Gasteiger partial charge on any atom is 0.314 e. The van der Waals surface area contributed by atoms with Gasteiger partial charge in [-0.1, -0.05) is 47.1 Å². The number of allylic oxidation sites excluding steroid dienone is 1. The number of rotatable bonds is 5. The first-order valence-electron chi connectivity index (χ1n) is 8.99. The Bertz CT molecular complexity index is 532. The average Bonchev–Trinajstić information content (AvgIpc) is 2.31. The predicted molar refractivity (Wildman–Crippen MR) is 113 cm³/mol. The van der Waals surface area contributed by atoms with Gasteiger partial charge in [0.15, 0.2) is 5.90 Å². The topological polar surface area (TPSA) is 47.9 Å². The SMILES string of the molecule is CC(C)=CC(=NCC(=O)O[Si](C)(C)C(C)(C)C)O[Si](C)(C)C(C)(C)C.